The molecule has 0 unspecified atom stereocenters. The van der Waals surface area contributed by atoms with E-state index in [-0.39, 0.29) is 6.04 Å². The van der Waals surface area contributed by atoms with Crippen LogP contribution in [-0.2, 0) is 9.53 Å². The summed E-state index contributed by atoms with van der Waals surface area (Å²) in [6, 6.07) is -0.102. The number of rotatable bonds is 2. The van der Waals surface area contributed by atoms with E-state index in [0.717, 1.165) is 6.29 Å². The van der Waals surface area contributed by atoms with Gasteiger partial charge in [-0.2, -0.15) is 0 Å². The predicted octanol–water partition coefficient (Wildman–Crippen LogP) is -0.316. The second-order valence-corrected chi connectivity index (χ2v) is 1.84. The number of carbonyl (C=O) groups excluding carboxylic acids is 2. The van der Waals surface area contributed by atoms with E-state index in [1.54, 1.807) is 0 Å². The summed E-state index contributed by atoms with van der Waals surface area (Å²) in [6.07, 6.45) is 0.674. The molecule has 1 fully saturated rings. The fourth-order valence-corrected chi connectivity index (χ4v) is 0.669. The van der Waals surface area contributed by atoms with Gasteiger partial charge in [-0.3, -0.25) is 0 Å². The predicted molar refractivity (Wildman–Crippen MR) is 29.0 cm³/mol. The first-order chi connectivity index (χ1) is 4.33. The molecule has 0 spiro atoms. The van der Waals surface area contributed by atoms with E-state index in [4.69, 9.17) is 0 Å². The van der Waals surface area contributed by atoms with Crippen LogP contribution in [0.5, 0.6) is 0 Å². The number of hydrogen-bond donors (Lipinski definition) is 1. The van der Waals surface area contributed by atoms with Crippen molar-refractivity contribution >= 4 is 12.4 Å². The highest BCUT2D eigenvalue weighted by Crippen LogP contribution is 1.98. The minimum atomic E-state index is -0.429. The van der Waals surface area contributed by atoms with Crippen molar-refractivity contribution in [2.24, 2.45) is 0 Å². The van der Waals surface area contributed by atoms with Crippen LogP contribution in [0.3, 0.4) is 0 Å². The van der Waals surface area contributed by atoms with Crippen molar-refractivity contribution in [1.82, 2.24) is 5.32 Å². The van der Waals surface area contributed by atoms with E-state index in [0.29, 0.717) is 13.0 Å². The van der Waals surface area contributed by atoms with Gasteiger partial charge >= 0.3 is 6.09 Å². The Hall–Kier alpha value is -1.06. The van der Waals surface area contributed by atoms with Gasteiger partial charge in [-0.15, -0.1) is 0 Å². The third-order valence-electron chi connectivity index (χ3n) is 1.12. The molecule has 1 amide bonds. The van der Waals surface area contributed by atoms with Gasteiger partial charge in [-0.05, 0) is 0 Å². The molecule has 0 bridgehead atoms. The van der Waals surface area contributed by atoms with Gasteiger partial charge < -0.3 is 14.8 Å². The van der Waals surface area contributed by atoms with E-state index >= 15 is 0 Å². The minimum absolute atomic E-state index is 0.102. The summed E-state index contributed by atoms with van der Waals surface area (Å²) in [5.74, 6) is 0. The molecule has 1 N–H and O–H groups in total. The van der Waals surface area contributed by atoms with Crippen LogP contribution in [0.15, 0.2) is 0 Å². The van der Waals surface area contributed by atoms with Gasteiger partial charge in [0.1, 0.15) is 12.9 Å². The second-order valence-electron chi connectivity index (χ2n) is 1.84. The lowest BCUT2D eigenvalue weighted by Crippen LogP contribution is -2.26. The maximum atomic E-state index is 10.3. The molecular weight excluding hydrogens is 122 g/mol. The molecule has 1 aliphatic rings. The van der Waals surface area contributed by atoms with E-state index in [2.05, 4.69) is 10.1 Å². The molecule has 1 aliphatic heterocycles. The van der Waals surface area contributed by atoms with Crippen molar-refractivity contribution in [3.8, 4) is 0 Å². The van der Waals surface area contributed by atoms with Crippen LogP contribution < -0.4 is 5.32 Å². The van der Waals surface area contributed by atoms with Crippen molar-refractivity contribution < 1.29 is 14.3 Å². The smallest absolute Gasteiger partial charge is 0.407 e. The van der Waals surface area contributed by atoms with Gasteiger partial charge in [-0.1, -0.05) is 0 Å². The lowest BCUT2D eigenvalue weighted by Gasteiger charge is -1.97. The third kappa shape index (κ3) is 1.42. The lowest BCUT2D eigenvalue weighted by molar-refractivity contribution is -0.108. The minimum Gasteiger partial charge on any atom is -0.447 e. The number of cyclic esters (lactones) is 1. The highest BCUT2D eigenvalue weighted by molar-refractivity contribution is 5.70. The number of hydrogen-bond acceptors (Lipinski definition) is 3. The summed E-state index contributed by atoms with van der Waals surface area (Å²) in [6.45, 7) is 0.317. The highest BCUT2D eigenvalue weighted by atomic mass is 16.6. The van der Waals surface area contributed by atoms with Gasteiger partial charge in [0, 0.05) is 6.42 Å². The maximum Gasteiger partial charge on any atom is 0.407 e. The number of alkyl carbamates (subject to hydrolysis) is 1. The number of amides is 1. The average molecular weight is 129 g/mol. The van der Waals surface area contributed by atoms with Crippen LogP contribution in [0.2, 0.25) is 0 Å². The molecule has 1 rings (SSSR count). The third-order valence-corrected chi connectivity index (χ3v) is 1.12. The van der Waals surface area contributed by atoms with Crippen LogP contribution in [0.1, 0.15) is 6.42 Å². The Labute approximate surface area is 52.2 Å². The Morgan fingerprint density at radius 2 is 2.67 bits per heavy atom. The molecular formula is C5H7NO3. The Morgan fingerprint density at radius 1 is 1.89 bits per heavy atom. The van der Waals surface area contributed by atoms with Crippen molar-refractivity contribution in [2.45, 2.75) is 12.5 Å². The lowest BCUT2D eigenvalue weighted by atomic mass is 10.2. The number of nitrogens with one attached hydrogen (secondary N) is 1. The van der Waals surface area contributed by atoms with Gasteiger partial charge in [0.15, 0.2) is 0 Å². The number of carbonyl (C=O) groups is 2. The maximum absolute atomic E-state index is 10.3. The first-order valence-electron chi connectivity index (χ1n) is 2.70. The Bertz CT molecular complexity index is 134. The van der Waals surface area contributed by atoms with E-state index in [1.807, 2.05) is 0 Å². The quantitative estimate of drug-likeness (QED) is 0.520. The molecule has 4 nitrogen and oxygen atoms in total. The Morgan fingerprint density at radius 3 is 3.11 bits per heavy atom. The molecule has 1 heterocycles. The molecule has 1 atom stereocenters. The van der Waals surface area contributed by atoms with Gasteiger partial charge in [0.25, 0.3) is 0 Å². The normalized spacial score (nSPS) is 24.9. The van der Waals surface area contributed by atoms with Gasteiger partial charge in [0.05, 0.1) is 6.04 Å². The highest BCUT2D eigenvalue weighted by Gasteiger charge is 2.20. The topological polar surface area (TPSA) is 55.4 Å². The summed E-state index contributed by atoms with van der Waals surface area (Å²) in [5, 5.41) is 2.46. The van der Waals surface area contributed by atoms with E-state index in [1.165, 1.54) is 0 Å². The van der Waals surface area contributed by atoms with Crippen LogP contribution in [0.25, 0.3) is 0 Å². The van der Waals surface area contributed by atoms with Gasteiger partial charge in [-0.25, -0.2) is 4.79 Å². The first-order valence-corrected chi connectivity index (χ1v) is 2.70. The first kappa shape index (κ1) is 6.07. The van der Waals surface area contributed by atoms with E-state index < -0.39 is 6.09 Å². The van der Waals surface area contributed by atoms with Crippen LogP contribution >= 0.6 is 0 Å². The van der Waals surface area contributed by atoms with Crippen molar-refractivity contribution in [2.75, 3.05) is 6.61 Å². The van der Waals surface area contributed by atoms with Crippen LogP contribution in [0.4, 0.5) is 4.79 Å². The number of aldehydes is 1. The van der Waals surface area contributed by atoms with Crippen molar-refractivity contribution in [3.63, 3.8) is 0 Å². The Balaban J connectivity index is 2.29. The fraction of sp³-hybridized carbons (Fsp3) is 0.600. The van der Waals surface area contributed by atoms with Gasteiger partial charge in [0.2, 0.25) is 0 Å². The molecule has 50 valence electrons. The Kier molecular flexibility index (Phi) is 1.67. The summed E-state index contributed by atoms with van der Waals surface area (Å²) in [7, 11) is 0. The average Bonchev–Trinajstić information content (AvgIpc) is 2.17. The molecule has 4 heteroatoms. The standard InChI is InChI=1S/C5H7NO3/c7-2-1-4-3-9-5(8)6-4/h2,4H,1,3H2,(H,6,8)/t4-/m1/s1. The SMILES string of the molecule is O=CC[C@@H]1COC(=O)N1. The zero-order chi connectivity index (χ0) is 6.69. The second kappa shape index (κ2) is 2.48. The largest absolute Gasteiger partial charge is 0.447 e. The molecule has 0 radical (unpaired) electrons. The van der Waals surface area contributed by atoms with Crippen molar-refractivity contribution in [1.29, 1.82) is 0 Å². The molecule has 0 saturated carbocycles. The van der Waals surface area contributed by atoms with E-state index in [9.17, 15) is 9.59 Å². The monoisotopic (exact) mass is 129 g/mol. The molecule has 0 aliphatic carbocycles. The molecule has 0 aromatic carbocycles. The molecule has 9 heavy (non-hydrogen) atoms. The zero-order valence-corrected chi connectivity index (χ0v) is 4.79. The van der Waals surface area contributed by atoms with Crippen LogP contribution in [0, 0.1) is 0 Å². The number of ether oxygens (including phenoxy) is 1. The summed E-state index contributed by atoms with van der Waals surface area (Å²) < 4.78 is 4.51. The summed E-state index contributed by atoms with van der Waals surface area (Å²) in [5.41, 5.74) is 0. The summed E-state index contributed by atoms with van der Waals surface area (Å²) >= 11 is 0. The van der Waals surface area contributed by atoms with Crippen LogP contribution in [-0.4, -0.2) is 25.0 Å². The van der Waals surface area contributed by atoms with Crippen molar-refractivity contribution in [3.05, 3.63) is 0 Å². The molecule has 0 aromatic heterocycles. The summed E-state index contributed by atoms with van der Waals surface area (Å²) in [4.78, 5) is 20.1. The molecule has 1 saturated heterocycles. The fourth-order valence-electron chi connectivity index (χ4n) is 0.669. The molecule has 0 aromatic rings. The zero-order valence-electron chi connectivity index (χ0n) is 4.79.